The number of benzene rings is 1. The largest absolute Gasteiger partial charge is 0.243 e. The normalized spacial score (nSPS) is 25.5. The molecule has 0 amide bonds. The van der Waals surface area contributed by atoms with E-state index in [9.17, 15) is 8.42 Å². The van der Waals surface area contributed by atoms with Crippen molar-refractivity contribution in [2.75, 3.05) is 13.1 Å². The summed E-state index contributed by atoms with van der Waals surface area (Å²) in [4.78, 5) is 0.388. The number of hydrogen-bond donors (Lipinski definition) is 0. The molecule has 1 fully saturated rings. The lowest BCUT2D eigenvalue weighted by molar-refractivity contribution is 0.405. The van der Waals surface area contributed by atoms with Gasteiger partial charge in [0.1, 0.15) is 0 Å². The Morgan fingerprint density at radius 3 is 2.37 bits per heavy atom. The minimum Gasteiger partial charge on any atom is -0.207 e. The maximum atomic E-state index is 12.6. The van der Waals surface area contributed by atoms with Crippen LogP contribution in [0.2, 0.25) is 0 Å². The van der Waals surface area contributed by atoms with Crippen molar-refractivity contribution in [3.63, 3.8) is 0 Å². The highest BCUT2D eigenvalue weighted by molar-refractivity contribution is 9.10. The lowest BCUT2D eigenvalue weighted by atomic mass is 10.2. The van der Waals surface area contributed by atoms with E-state index in [0.29, 0.717) is 28.5 Å². The fourth-order valence-electron chi connectivity index (χ4n) is 2.25. The van der Waals surface area contributed by atoms with E-state index >= 15 is 0 Å². The molecule has 0 aromatic heterocycles. The van der Waals surface area contributed by atoms with Gasteiger partial charge in [-0.1, -0.05) is 29.8 Å². The highest BCUT2D eigenvalue weighted by atomic mass is 79.9. The highest BCUT2D eigenvalue weighted by Gasteiger charge is 2.32. The van der Waals surface area contributed by atoms with Crippen molar-refractivity contribution in [2.24, 2.45) is 0 Å². The number of halogens is 1. The fourth-order valence-corrected chi connectivity index (χ4v) is 5.72. The molecule has 6 heteroatoms. The fraction of sp³-hybridized carbons (Fsp3) is 0.538. The van der Waals surface area contributed by atoms with Gasteiger partial charge in [0.2, 0.25) is 10.0 Å². The standard InChI is InChI=1S/C13H18BrNO2S2/c1-9-6-12(4-5-13(9)14)19(16,17)15-7-10(2)18-11(3)8-15/h4-6,10-11H,7-8H2,1-3H3. The molecule has 2 unspecified atom stereocenters. The molecule has 3 nitrogen and oxygen atoms in total. The molecule has 1 aromatic rings. The zero-order valence-corrected chi connectivity index (χ0v) is 14.5. The summed E-state index contributed by atoms with van der Waals surface area (Å²) >= 11 is 5.25. The first-order chi connectivity index (χ1) is 8.80. The summed E-state index contributed by atoms with van der Waals surface area (Å²) in [5.74, 6) is 0. The summed E-state index contributed by atoms with van der Waals surface area (Å²) < 4.78 is 27.8. The maximum Gasteiger partial charge on any atom is 0.243 e. The van der Waals surface area contributed by atoms with E-state index in [1.807, 2.05) is 18.7 Å². The van der Waals surface area contributed by atoms with Crippen LogP contribution in [0.3, 0.4) is 0 Å². The van der Waals surface area contributed by atoms with Crippen molar-refractivity contribution in [1.82, 2.24) is 4.31 Å². The molecule has 0 spiro atoms. The molecular weight excluding hydrogens is 346 g/mol. The van der Waals surface area contributed by atoms with Crippen molar-refractivity contribution < 1.29 is 8.42 Å². The third-order valence-corrected chi connectivity index (χ3v) is 7.10. The summed E-state index contributed by atoms with van der Waals surface area (Å²) in [7, 11) is -3.37. The first-order valence-corrected chi connectivity index (χ1v) is 9.40. The third kappa shape index (κ3) is 3.35. The topological polar surface area (TPSA) is 37.4 Å². The molecule has 0 bridgehead atoms. The number of hydrogen-bond acceptors (Lipinski definition) is 3. The molecule has 0 aliphatic carbocycles. The molecule has 2 atom stereocenters. The number of thioether (sulfide) groups is 1. The Kier molecular flexibility index (Phi) is 4.65. The first kappa shape index (κ1) is 15.4. The molecule has 2 rings (SSSR count). The SMILES string of the molecule is Cc1cc(S(=O)(=O)N2CC(C)SC(C)C2)ccc1Br. The molecule has 1 aromatic carbocycles. The molecule has 1 aliphatic heterocycles. The summed E-state index contributed by atoms with van der Waals surface area (Å²) in [6.07, 6.45) is 0. The number of aryl methyl sites for hydroxylation is 1. The van der Waals surface area contributed by atoms with Crippen molar-refractivity contribution in [2.45, 2.75) is 36.2 Å². The lowest BCUT2D eigenvalue weighted by Crippen LogP contribution is -2.43. The average molecular weight is 364 g/mol. The Morgan fingerprint density at radius 2 is 1.84 bits per heavy atom. The summed E-state index contributed by atoms with van der Waals surface area (Å²) in [5, 5.41) is 0.685. The van der Waals surface area contributed by atoms with Gasteiger partial charge in [-0.25, -0.2) is 8.42 Å². The van der Waals surface area contributed by atoms with Crippen LogP contribution in [-0.4, -0.2) is 36.3 Å². The van der Waals surface area contributed by atoms with Crippen molar-refractivity contribution in [1.29, 1.82) is 0 Å². The quantitative estimate of drug-likeness (QED) is 0.808. The van der Waals surface area contributed by atoms with E-state index in [0.717, 1.165) is 10.0 Å². The molecule has 0 saturated carbocycles. The van der Waals surface area contributed by atoms with Crippen LogP contribution < -0.4 is 0 Å². The second-order valence-electron chi connectivity index (χ2n) is 4.99. The van der Waals surface area contributed by atoms with Crippen LogP contribution in [0.25, 0.3) is 0 Å². The van der Waals surface area contributed by atoms with Gasteiger partial charge in [-0.2, -0.15) is 16.1 Å². The number of nitrogens with zero attached hydrogens (tertiary/aromatic N) is 1. The highest BCUT2D eigenvalue weighted by Crippen LogP contribution is 2.29. The Bertz CT molecular complexity index is 564. The minimum atomic E-state index is -3.37. The van der Waals surface area contributed by atoms with Gasteiger partial charge in [0.05, 0.1) is 4.90 Å². The van der Waals surface area contributed by atoms with Gasteiger partial charge >= 0.3 is 0 Å². The molecule has 19 heavy (non-hydrogen) atoms. The van der Waals surface area contributed by atoms with Crippen LogP contribution in [0.5, 0.6) is 0 Å². The molecule has 106 valence electrons. The predicted molar refractivity (Wildman–Crippen MR) is 84.2 cm³/mol. The lowest BCUT2D eigenvalue weighted by Gasteiger charge is -2.33. The molecular formula is C13H18BrNO2S2. The molecule has 0 N–H and O–H groups in total. The minimum absolute atomic E-state index is 0.343. The van der Waals surface area contributed by atoms with Gasteiger partial charge in [-0.05, 0) is 30.7 Å². The van der Waals surface area contributed by atoms with Gasteiger partial charge in [-0.15, -0.1) is 0 Å². The van der Waals surface area contributed by atoms with Gasteiger partial charge in [-0.3, -0.25) is 0 Å². The Morgan fingerprint density at radius 1 is 1.26 bits per heavy atom. The smallest absolute Gasteiger partial charge is 0.207 e. The predicted octanol–water partition coefficient (Wildman–Crippen LogP) is 3.27. The van der Waals surface area contributed by atoms with Crippen molar-refractivity contribution in [3.05, 3.63) is 28.2 Å². The maximum absolute atomic E-state index is 12.6. The average Bonchev–Trinajstić information content (AvgIpc) is 2.31. The van der Waals surface area contributed by atoms with E-state index in [-0.39, 0.29) is 0 Å². The molecule has 1 aliphatic rings. The Balaban J connectivity index is 2.33. The van der Waals surface area contributed by atoms with E-state index in [4.69, 9.17) is 0 Å². The number of rotatable bonds is 2. The van der Waals surface area contributed by atoms with E-state index in [2.05, 4.69) is 29.8 Å². The van der Waals surface area contributed by atoms with Gasteiger partial charge < -0.3 is 0 Å². The zero-order chi connectivity index (χ0) is 14.2. The first-order valence-electron chi connectivity index (χ1n) is 6.22. The zero-order valence-electron chi connectivity index (χ0n) is 11.3. The van der Waals surface area contributed by atoms with Crippen LogP contribution in [-0.2, 0) is 10.0 Å². The number of sulfonamides is 1. The van der Waals surface area contributed by atoms with Gasteiger partial charge in [0, 0.05) is 28.1 Å². The van der Waals surface area contributed by atoms with Crippen molar-refractivity contribution >= 4 is 37.7 Å². The van der Waals surface area contributed by atoms with Gasteiger partial charge in [0.25, 0.3) is 0 Å². The second-order valence-corrected chi connectivity index (χ2v) is 9.66. The van der Waals surface area contributed by atoms with Crippen LogP contribution >= 0.6 is 27.7 Å². The van der Waals surface area contributed by atoms with Crippen LogP contribution in [0.1, 0.15) is 19.4 Å². The summed E-state index contributed by atoms with van der Waals surface area (Å²) in [6, 6.07) is 5.20. The molecule has 1 heterocycles. The molecule has 0 radical (unpaired) electrons. The monoisotopic (exact) mass is 363 g/mol. The Hall–Kier alpha value is -0.0400. The van der Waals surface area contributed by atoms with Crippen molar-refractivity contribution in [3.8, 4) is 0 Å². The van der Waals surface area contributed by atoms with E-state index in [1.165, 1.54) is 0 Å². The second kappa shape index (κ2) is 5.76. The third-order valence-electron chi connectivity index (χ3n) is 3.15. The van der Waals surface area contributed by atoms with Crippen LogP contribution in [0.4, 0.5) is 0 Å². The van der Waals surface area contributed by atoms with Crippen LogP contribution in [0.15, 0.2) is 27.6 Å². The van der Waals surface area contributed by atoms with E-state index < -0.39 is 10.0 Å². The van der Waals surface area contributed by atoms with Gasteiger partial charge in [0.15, 0.2) is 0 Å². The van der Waals surface area contributed by atoms with E-state index in [1.54, 1.807) is 22.5 Å². The Labute approximate surface area is 127 Å². The summed E-state index contributed by atoms with van der Waals surface area (Å²) in [5.41, 5.74) is 0.938. The molecule has 1 saturated heterocycles. The van der Waals surface area contributed by atoms with Crippen LogP contribution in [0, 0.1) is 6.92 Å². The summed E-state index contributed by atoms with van der Waals surface area (Å²) in [6.45, 7) is 7.24.